The molecule has 1 heterocycles. The molecule has 0 radical (unpaired) electrons. The van der Waals surface area contributed by atoms with Crippen molar-refractivity contribution in [1.29, 1.82) is 0 Å². The van der Waals surface area contributed by atoms with Gasteiger partial charge in [0, 0.05) is 18.1 Å². The molecule has 1 rings (SSSR count). The number of nitrogens with one attached hydrogen (secondary N) is 1. The second-order valence-corrected chi connectivity index (χ2v) is 7.00. The lowest BCUT2D eigenvalue weighted by molar-refractivity contribution is -0.143. The lowest BCUT2D eigenvalue weighted by Crippen LogP contribution is -2.57. The van der Waals surface area contributed by atoms with Crippen LogP contribution in [0, 0.1) is 0 Å². The van der Waals surface area contributed by atoms with Crippen LogP contribution in [0.2, 0.25) is 0 Å². The summed E-state index contributed by atoms with van der Waals surface area (Å²) in [6, 6.07) is -2.21. The zero-order chi connectivity index (χ0) is 16.9. The number of hydrogen-bond acceptors (Lipinski definition) is 6. The molecule has 0 spiro atoms. The van der Waals surface area contributed by atoms with Gasteiger partial charge in [-0.05, 0) is 20.8 Å². The fraction of sp³-hybridized carbons (Fsp3) is 0.769. The Morgan fingerprint density at radius 3 is 2.55 bits per heavy atom. The second-order valence-electron chi connectivity index (χ2n) is 5.85. The Labute approximate surface area is 133 Å². The first kappa shape index (κ1) is 18.6. The van der Waals surface area contributed by atoms with E-state index in [0.717, 1.165) is 0 Å². The molecule has 8 nitrogen and oxygen atoms in total. The highest BCUT2D eigenvalue weighted by Crippen LogP contribution is 2.20. The van der Waals surface area contributed by atoms with Crippen LogP contribution in [0.1, 0.15) is 20.8 Å². The van der Waals surface area contributed by atoms with Gasteiger partial charge in [-0.1, -0.05) is 0 Å². The monoisotopic (exact) mass is 334 g/mol. The molecule has 0 aromatic carbocycles. The Kier molecular flexibility index (Phi) is 6.48. The summed E-state index contributed by atoms with van der Waals surface area (Å²) in [6.07, 6.45) is -0.608. The summed E-state index contributed by atoms with van der Waals surface area (Å²) >= 11 is 1.49. The van der Waals surface area contributed by atoms with Crippen LogP contribution in [0.25, 0.3) is 0 Å². The summed E-state index contributed by atoms with van der Waals surface area (Å²) in [6.45, 7) is 4.81. The van der Waals surface area contributed by atoms with E-state index in [0.29, 0.717) is 18.1 Å². The fourth-order valence-corrected chi connectivity index (χ4v) is 2.86. The van der Waals surface area contributed by atoms with E-state index in [1.807, 2.05) is 0 Å². The molecule has 2 amide bonds. The van der Waals surface area contributed by atoms with Gasteiger partial charge >= 0.3 is 12.1 Å². The Hall–Kier alpha value is -1.48. The number of nitrogens with zero attached hydrogens (tertiary/aromatic N) is 1. The molecular formula is C13H22N2O6S. The lowest BCUT2D eigenvalue weighted by Gasteiger charge is -2.35. The third-order valence-electron chi connectivity index (χ3n) is 2.86. The molecule has 1 saturated heterocycles. The molecule has 1 aliphatic rings. The molecule has 1 fully saturated rings. The van der Waals surface area contributed by atoms with E-state index >= 15 is 0 Å². The first-order valence-corrected chi connectivity index (χ1v) is 8.02. The summed E-state index contributed by atoms with van der Waals surface area (Å²) in [5, 5.41) is 20.1. The van der Waals surface area contributed by atoms with Crippen molar-refractivity contribution in [3.8, 4) is 0 Å². The number of ether oxygens (including phenoxy) is 1. The molecule has 0 aromatic heterocycles. The molecule has 1 aliphatic heterocycles. The highest BCUT2D eigenvalue weighted by atomic mass is 32.2. The van der Waals surface area contributed by atoms with Crippen molar-refractivity contribution >= 4 is 29.7 Å². The van der Waals surface area contributed by atoms with E-state index in [1.165, 1.54) is 16.7 Å². The summed E-state index contributed by atoms with van der Waals surface area (Å²) in [5.74, 6) is -0.920. The van der Waals surface area contributed by atoms with Gasteiger partial charge in [0.15, 0.2) is 0 Å². The normalized spacial score (nSPS) is 20.2. The summed E-state index contributed by atoms with van der Waals surface area (Å²) in [4.78, 5) is 36.5. The Morgan fingerprint density at radius 2 is 2.05 bits per heavy atom. The maximum Gasteiger partial charge on any atom is 0.411 e. The average molecular weight is 334 g/mol. The summed E-state index contributed by atoms with van der Waals surface area (Å²) in [5.41, 5.74) is -0.683. The number of thioether (sulfide) groups is 1. The van der Waals surface area contributed by atoms with Crippen LogP contribution in [-0.4, -0.2) is 75.4 Å². The van der Waals surface area contributed by atoms with Crippen LogP contribution in [0.5, 0.6) is 0 Å². The van der Waals surface area contributed by atoms with Gasteiger partial charge in [0.1, 0.15) is 17.7 Å². The highest BCUT2D eigenvalue weighted by molar-refractivity contribution is 7.99. The van der Waals surface area contributed by atoms with Crippen molar-refractivity contribution in [1.82, 2.24) is 10.2 Å². The summed E-state index contributed by atoms with van der Waals surface area (Å²) in [7, 11) is 0. The molecule has 0 saturated carbocycles. The van der Waals surface area contributed by atoms with Crippen LogP contribution < -0.4 is 5.32 Å². The van der Waals surface area contributed by atoms with Gasteiger partial charge in [0.25, 0.3) is 0 Å². The Morgan fingerprint density at radius 1 is 1.41 bits per heavy atom. The van der Waals surface area contributed by atoms with Gasteiger partial charge < -0.3 is 20.3 Å². The highest BCUT2D eigenvalue weighted by Gasteiger charge is 2.36. The quantitative estimate of drug-likeness (QED) is 0.657. The smallest absolute Gasteiger partial charge is 0.411 e. The third kappa shape index (κ3) is 5.38. The number of hydrogen-bond donors (Lipinski definition) is 3. The number of aliphatic hydroxyl groups is 1. The van der Waals surface area contributed by atoms with E-state index in [9.17, 15) is 14.4 Å². The van der Waals surface area contributed by atoms with E-state index in [1.54, 1.807) is 20.8 Å². The second kappa shape index (κ2) is 7.68. The van der Waals surface area contributed by atoms with Gasteiger partial charge in [0.05, 0.1) is 6.61 Å². The zero-order valence-electron chi connectivity index (χ0n) is 12.9. The SMILES string of the molecule is CC(C)(C)OC(=O)N1CCSCC1C(=O)N[C@H](CO)C(=O)O. The molecule has 22 heavy (non-hydrogen) atoms. The number of rotatable bonds is 4. The maximum atomic E-state index is 12.2. The van der Waals surface area contributed by atoms with Crippen molar-refractivity contribution in [2.75, 3.05) is 24.7 Å². The van der Waals surface area contributed by atoms with Crippen LogP contribution in [0.4, 0.5) is 4.79 Å². The molecular weight excluding hydrogens is 312 g/mol. The minimum atomic E-state index is -1.39. The minimum Gasteiger partial charge on any atom is -0.480 e. The number of carbonyl (C=O) groups excluding carboxylic acids is 2. The largest absolute Gasteiger partial charge is 0.480 e. The van der Waals surface area contributed by atoms with Crippen molar-refractivity contribution in [3.63, 3.8) is 0 Å². The van der Waals surface area contributed by atoms with Gasteiger partial charge in [0.2, 0.25) is 5.91 Å². The molecule has 0 aromatic rings. The molecule has 2 atom stereocenters. The van der Waals surface area contributed by atoms with Crippen molar-refractivity contribution in [3.05, 3.63) is 0 Å². The standard InChI is InChI=1S/C13H22N2O6S/c1-13(2,3)21-12(20)15-4-5-22-7-9(15)10(17)14-8(6-16)11(18)19/h8-9,16H,4-7H2,1-3H3,(H,14,17)(H,18,19)/t8-,9?/m1/s1. The van der Waals surface area contributed by atoms with E-state index in [4.69, 9.17) is 14.9 Å². The number of aliphatic carboxylic acids is 1. The fourth-order valence-electron chi connectivity index (χ4n) is 1.81. The van der Waals surface area contributed by atoms with Gasteiger partial charge in [-0.25, -0.2) is 9.59 Å². The molecule has 126 valence electrons. The predicted molar refractivity (Wildman–Crippen MR) is 80.7 cm³/mol. The van der Waals surface area contributed by atoms with Crippen molar-refractivity contribution < 1.29 is 29.3 Å². The number of carboxylic acid groups (broad SMARTS) is 1. The number of amides is 2. The number of aliphatic hydroxyl groups excluding tert-OH is 1. The zero-order valence-corrected chi connectivity index (χ0v) is 13.7. The lowest BCUT2D eigenvalue weighted by atomic mass is 10.2. The van der Waals surface area contributed by atoms with Crippen LogP contribution in [-0.2, 0) is 14.3 Å². The van der Waals surface area contributed by atoms with Gasteiger partial charge in [-0.2, -0.15) is 11.8 Å². The van der Waals surface area contributed by atoms with Crippen molar-refractivity contribution in [2.24, 2.45) is 0 Å². The first-order chi connectivity index (χ1) is 10.2. The average Bonchev–Trinajstić information content (AvgIpc) is 2.42. The maximum absolute atomic E-state index is 12.2. The molecule has 9 heteroatoms. The van der Waals surface area contributed by atoms with Crippen LogP contribution in [0.3, 0.4) is 0 Å². The van der Waals surface area contributed by atoms with E-state index in [-0.39, 0.29) is 0 Å². The Bertz CT molecular complexity index is 437. The Balaban J connectivity index is 2.78. The van der Waals surface area contributed by atoms with Crippen LogP contribution in [0.15, 0.2) is 0 Å². The molecule has 3 N–H and O–H groups in total. The van der Waals surface area contributed by atoms with Crippen LogP contribution >= 0.6 is 11.8 Å². The molecule has 0 aliphatic carbocycles. The minimum absolute atomic E-state index is 0.342. The molecule has 0 bridgehead atoms. The number of carboxylic acids is 1. The number of carbonyl (C=O) groups is 3. The topological polar surface area (TPSA) is 116 Å². The van der Waals surface area contributed by atoms with Gasteiger partial charge in [-0.3, -0.25) is 9.69 Å². The third-order valence-corrected chi connectivity index (χ3v) is 3.88. The summed E-state index contributed by atoms with van der Waals surface area (Å²) < 4.78 is 5.27. The predicted octanol–water partition coefficient (Wildman–Crippen LogP) is -0.0994. The van der Waals surface area contributed by atoms with Gasteiger partial charge in [-0.15, -0.1) is 0 Å². The van der Waals surface area contributed by atoms with Crippen molar-refractivity contribution in [2.45, 2.75) is 38.5 Å². The first-order valence-electron chi connectivity index (χ1n) is 6.87. The van der Waals surface area contributed by atoms with E-state index in [2.05, 4.69) is 5.32 Å². The van der Waals surface area contributed by atoms with E-state index < -0.39 is 42.3 Å². The molecule has 1 unspecified atom stereocenters.